The topological polar surface area (TPSA) is 66.4 Å². The van der Waals surface area contributed by atoms with E-state index in [1.807, 2.05) is 0 Å². The molecule has 4 nitrogen and oxygen atoms in total. The normalized spacial score (nSPS) is 25.1. The lowest BCUT2D eigenvalue weighted by atomic mass is 9.91. The van der Waals surface area contributed by atoms with E-state index in [1.54, 1.807) is 0 Å². The largest absolute Gasteiger partial charge is 0.393 e. The van der Waals surface area contributed by atoms with Crippen molar-refractivity contribution in [3.8, 4) is 0 Å². The van der Waals surface area contributed by atoms with E-state index in [1.165, 1.54) is 6.26 Å². The first kappa shape index (κ1) is 12.9. The number of sulfone groups is 1. The Morgan fingerprint density at radius 3 is 2.80 bits per heavy atom. The Labute approximate surface area is 92.0 Å². The number of rotatable bonds is 5. The minimum atomic E-state index is -2.88. The minimum absolute atomic E-state index is 0.185. The molecule has 15 heavy (non-hydrogen) atoms. The van der Waals surface area contributed by atoms with Gasteiger partial charge in [0, 0.05) is 18.6 Å². The first-order chi connectivity index (χ1) is 6.99. The van der Waals surface area contributed by atoms with E-state index >= 15 is 0 Å². The zero-order valence-electron chi connectivity index (χ0n) is 9.28. The van der Waals surface area contributed by atoms with E-state index in [4.69, 9.17) is 0 Å². The molecule has 0 bridgehead atoms. The molecule has 2 unspecified atom stereocenters. The van der Waals surface area contributed by atoms with Crippen LogP contribution in [0.25, 0.3) is 0 Å². The highest BCUT2D eigenvalue weighted by Crippen LogP contribution is 2.17. The molecule has 0 spiro atoms. The van der Waals surface area contributed by atoms with Gasteiger partial charge in [-0.25, -0.2) is 8.42 Å². The van der Waals surface area contributed by atoms with Gasteiger partial charge in [-0.1, -0.05) is 0 Å². The monoisotopic (exact) mass is 235 g/mol. The maximum Gasteiger partial charge on any atom is 0.147 e. The van der Waals surface area contributed by atoms with Crippen LogP contribution < -0.4 is 5.32 Å². The summed E-state index contributed by atoms with van der Waals surface area (Å²) in [6.07, 6.45) is 4.21. The van der Waals surface area contributed by atoms with Gasteiger partial charge in [0.05, 0.1) is 6.10 Å². The maximum absolute atomic E-state index is 10.9. The van der Waals surface area contributed by atoms with E-state index in [0.717, 1.165) is 25.9 Å². The van der Waals surface area contributed by atoms with Crippen molar-refractivity contribution in [3.05, 3.63) is 0 Å². The van der Waals surface area contributed by atoms with Crippen molar-refractivity contribution in [1.82, 2.24) is 5.32 Å². The van der Waals surface area contributed by atoms with Crippen molar-refractivity contribution >= 4 is 9.84 Å². The highest BCUT2D eigenvalue weighted by Gasteiger charge is 2.21. The number of hydrogen-bond donors (Lipinski definition) is 2. The van der Waals surface area contributed by atoms with Crippen molar-refractivity contribution in [2.24, 2.45) is 5.92 Å². The Kier molecular flexibility index (Phi) is 5.02. The van der Waals surface area contributed by atoms with Crippen molar-refractivity contribution in [2.75, 3.05) is 25.1 Å². The van der Waals surface area contributed by atoms with Crippen molar-refractivity contribution in [1.29, 1.82) is 0 Å². The SMILES string of the molecule is CS(=O)(=O)CCCC(O)C1CCCNC1. The molecular weight excluding hydrogens is 214 g/mol. The van der Waals surface area contributed by atoms with Gasteiger partial charge in [0.2, 0.25) is 0 Å². The fourth-order valence-electron chi connectivity index (χ4n) is 2.00. The predicted molar refractivity (Wildman–Crippen MR) is 60.5 cm³/mol. The van der Waals surface area contributed by atoms with Crippen molar-refractivity contribution < 1.29 is 13.5 Å². The second-order valence-corrected chi connectivity index (χ2v) is 6.71. The smallest absolute Gasteiger partial charge is 0.147 e. The van der Waals surface area contributed by atoms with Crippen LogP contribution in [0.3, 0.4) is 0 Å². The van der Waals surface area contributed by atoms with Gasteiger partial charge in [0.1, 0.15) is 9.84 Å². The first-order valence-electron chi connectivity index (χ1n) is 5.55. The second-order valence-electron chi connectivity index (χ2n) is 4.45. The van der Waals surface area contributed by atoms with Gasteiger partial charge in [-0.05, 0) is 38.1 Å². The van der Waals surface area contributed by atoms with E-state index < -0.39 is 9.84 Å². The molecular formula is C10H21NO3S. The fraction of sp³-hybridized carbons (Fsp3) is 1.00. The average Bonchev–Trinajstić information content (AvgIpc) is 2.17. The molecule has 2 N–H and O–H groups in total. The number of hydrogen-bond acceptors (Lipinski definition) is 4. The van der Waals surface area contributed by atoms with Crippen LogP contribution in [-0.4, -0.2) is 44.7 Å². The summed E-state index contributed by atoms with van der Waals surface area (Å²) < 4.78 is 21.8. The van der Waals surface area contributed by atoms with Crippen LogP contribution in [0.2, 0.25) is 0 Å². The first-order valence-corrected chi connectivity index (χ1v) is 7.61. The molecule has 0 aliphatic carbocycles. The Morgan fingerprint density at radius 1 is 1.53 bits per heavy atom. The molecule has 0 aromatic rings. The number of piperidine rings is 1. The molecule has 1 fully saturated rings. The van der Waals surface area contributed by atoms with E-state index in [9.17, 15) is 13.5 Å². The summed E-state index contributed by atoms with van der Waals surface area (Å²) >= 11 is 0. The molecule has 2 atom stereocenters. The van der Waals surface area contributed by atoms with Gasteiger partial charge >= 0.3 is 0 Å². The third kappa shape index (κ3) is 5.49. The lowest BCUT2D eigenvalue weighted by Gasteiger charge is -2.27. The number of nitrogens with one attached hydrogen (secondary N) is 1. The third-order valence-electron chi connectivity index (χ3n) is 2.89. The molecule has 90 valence electrons. The third-order valence-corrected chi connectivity index (χ3v) is 3.92. The Balaban J connectivity index is 2.20. The summed E-state index contributed by atoms with van der Waals surface area (Å²) in [6.45, 7) is 1.90. The van der Waals surface area contributed by atoms with E-state index in [0.29, 0.717) is 18.8 Å². The summed E-state index contributed by atoms with van der Waals surface area (Å²) in [6, 6.07) is 0. The fourth-order valence-corrected chi connectivity index (χ4v) is 2.69. The summed E-state index contributed by atoms with van der Waals surface area (Å²) in [7, 11) is -2.88. The van der Waals surface area contributed by atoms with Crippen molar-refractivity contribution in [2.45, 2.75) is 31.8 Å². The standard InChI is InChI=1S/C10H21NO3S/c1-15(13,14)7-3-5-10(12)9-4-2-6-11-8-9/h9-12H,2-8H2,1H3. The minimum Gasteiger partial charge on any atom is -0.393 e. The van der Waals surface area contributed by atoms with Gasteiger partial charge < -0.3 is 10.4 Å². The molecule has 0 amide bonds. The van der Waals surface area contributed by atoms with Crippen LogP contribution in [0.15, 0.2) is 0 Å². The Bertz CT molecular complexity index is 270. The molecule has 1 saturated heterocycles. The highest BCUT2D eigenvalue weighted by molar-refractivity contribution is 7.90. The van der Waals surface area contributed by atoms with Crippen LogP contribution in [0, 0.1) is 5.92 Å². The molecule has 1 aliphatic heterocycles. The molecule has 1 heterocycles. The average molecular weight is 235 g/mol. The summed E-state index contributed by atoms with van der Waals surface area (Å²) in [5.74, 6) is 0.489. The van der Waals surface area contributed by atoms with Gasteiger partial charge in [0.25, 0.3) is 0 Å². The molecule has 1 aliphatic rings. The number of aliphatic hydroxyl groups is 1. The van der Waals surface area contributed by atoms with E-state index in [-0.39, 0.29) is 11.9 Å². The Hall–Kier alpha value is -0.130. The van der Waals surface area contributed by atoms with Crippen LogP contribution in [0.4, 0.5) is 0 Å². The second kappa shape index (κ2) is 5.82. The highest BCUT2D eigenvalue weighted by atomic mass is 32.2. The molecule has 0 saturated carbocycles. The lowest BCUT2D eigenvalue weighted by Crippen LogP contribution is -2.36. The summed E-state index contributed by atoms with van der Waals surface area (Å²) in [4.78, 5) is 0. The number of aliphatic hydroxyl groups excluding tert-OH is 1. The Morgan fingerprint density at radius 2 is 2.27 bits per heavy atom. The van der Waals surface area contributed by atoms with Gasteiger partial charge in [-0.2, -0.15) is 0 Å². The van der Waals surface area contributed by atoms with Crippen LogP contribution in [0.1, 0.15) is 25.7 Å². The summed E-state index contributed by atoms with van der Waals surface area (Å²) in [5, 5.41) is 13.1. The van der Waals surface area contributed by atoms with Gasteiger partial charge in [0.15, 0.2) is 0 Å². The molecule has 0 aromatic carbocycles. The van der Waals surface area contributed by atoms with Crippen LogP contribution in [-0.2, 0) is 9.84 Å². The lowest BCUT2D eigenvalue weighted by molar-refractivity contribution is 0.0837. The predicted octanol–water partition coefficient (Wildman–Crippen LogP) is 0.172. The molecule has 0 radical (unpaired) electrons. The summed E-state index contributed by atoms with van der Waals surface area (Å²) in [5.41, 5.74) is 0. The quantitative estimate of drug-likeness (QED) is 0.713. The van der Waals surface area contributed by atoms with Gasteiger partial charge in [-0.15, -0.1) is 0 Å². The zero-order chi connectivity index (χ0) is 11.3. The van der Waals surface area contributed by atoms with Crippen LogP contribution in [0.5, 0.6) is 0 Å². The van der Waals surface area contributed by atoms with E-state index in [2.05, 4.69) is 5.32 Å². The molecule has 5 heteroatoms. The van der Waals surface area contributed by atoms with Crippen LogP contribution >= 0.6 is 0 Å². The molecule has 0 aromatic heterocycles. The van der Waals surface area contributed by atoms with Gasteiger partial charge in [-0.3, -0.25) is 0 Å². The zero-order valence-corrected chi connectivity index (χ0v) is 10.1. The maximum atomic E-state index is 10.9. The molecule has 1 rings (SSSR count). The van der Waals surface area contributed by atoms with Crippen molar-refractivity contribution in [3.63, 3.8) is 0 Å².